The molecule has 1 aliphatic carbocycles. The second kappa shape index (κ2) is 5.29. The van der Waals surface area contributed by atoms with E-state index in [1.165, 1.54) is 0 Å². The van der Waals surface area contributed by atoms with E-state index in [0.717, 1.165) is 12.8 Å². The lowest BCUT2D eigenvalue weighted by molar-refractivity contribution is -0.144. The maximum atomic E-state index is 11.0. The molecule has 0 amide bonds. The fraction of sp³-hybridized carbons (Fsp3) is 0.889. The SMILES string of the molecule is O=C(O)C(C1CC1)N(CCO)CCO. The summed E-state index contributed by atoms with van der Waals surface area (Å²) in [5, 5.41) is 26.6. The number of carbonyl (C=O) groups is 1. The van der Waals surface area contributed by atoms with Gasteiger partial charge in [0.1, 0.15) is 6.04 Å². The Kier molecular flexibility index (Phi) is 4.31. The van der Waals surface area contributed by atoms with Crippen LogP contribution in [-0.2, 0) is 4.79 Å². The summed E-state index contributed by atoms with van der Waals surface area (Å²) < 4.78 is 0. The number of nitrogens with zero attached hydrogens (tertiary/aromatic N) is 1. The zero-order valence-electron chi connectivity index (χ0n) is 8.09. The highest BCUT2D eigenvalue weighted by Gasteiger charge is 2.39. The lowest BCUT2D eigenvalue weighted by Gasteiger charge is -2.27. The van der Waals surface area contributed by atoms with Gasteiger partial charge in [-0.1, -0.05) is 0 Å². The second-order valence-electron chi connectivity index (χ2n) is 3.60. The zero-order valence-corrected chi connectivity index (χ0v) is 8.09. The third kappa shape index (κ3) is 2.94. The van der Waals surface area contributed by atoms with Crippen LogP contribution in [0.3, 0.4) is 0 Å². The van der Waals surface area contributed by atoms with Gasteiger partial charge >= 0.3 is 5.97 Å². The maximum Gasteiger partial charge on any atom is 0.321 e. The monoisotopic (exact) mass is 203 g/mol. The molecule has 0 aliphatic heterocycles. The fourth-order valence-corrected chi connectivity index (χ4v) is 1.71. The van der Waals surface area contributed by atoms with E-state index in [0.29, 0.717) is 13.1 Å². The topological polar surface area (TPSA) is 81.0 Å². The Bertz CT molecular complexity index is 187. The van der Waals surface area contributed by atoms with Crippen molar-refractivity contribution in [2.75, 3.05) is 26.3 Å². The molecular formula is C9H17NO4. The molecule has 0 aromatic heterocycles. The van der Waals surface area contributed by atoms with Crippen molar-refractivity contribution < 1.29 is 20.1 Å². The van der Waals surface area contributed by atoms with Crippen LogP contribution in [0, 0.1) is 5.92 Å². The molecule has 0 bridgehead atoms. The average Bonchev–Trinajstić information content (AvgIpc) is 2.89. The van der Waals surface area contributed by atoms with Crippen molar-refractivity contribution in [3.8, 4) is 0 Å². The Balaban J connectivity index is 2.55. The highest BCUT2D eigenvalue weighted by molar-refractivity contribution is 5.74. The smallest absolute Gasteiger partial charge is 0.321 e. The fourth-order valence-electron chi connectivity index (χ4n) is 1.71. The molecule has 1 atom stereocenters. The molecule has 1 unspecified atom stereocenters. The molecule has 3 N–H and O–H groups in total. The van der Waals surface area contributed by atoms with Crippen molar-refractivity contribution in [3.63, 3.8) is 0 Å². The summed E-state index contributed by atoms with van der Waals surface area (Å²) in [6.45, 7) is 0.481. The van der Waals surface area contributed by atoms with E-state index in [9.17, 15) is 4.79 Å². The van der Waals surface area contributed by atoms with Gasteiger partial charge in [0.25, 0.3) is 0 Å². The molecule has 14 heavy (non-hydrogen) atoms. The average molecular weight is 203 g/mol. The molecule has 1 fully saturated rings. The summed E-state index contributed by atoms with van der Waals surface area (Å²) in [6, 6.07) is -0.533. The van der Waals surface area contributed by atoms with Crippen molar-refractivity contribution in [1.29, 1.82) is 0 Å². The number of rotatable bonds is 7. The molecule has 1 saturated carbocycles. The Hall–Kier alpha value is -0.650. The first-order valence-corrected chi connectivity index (χ1v) is 4.89. The van der Waals surface area contributed by atoms with Crippen LogP contribution in [0.1, 0.15) is 12.8 Å². The molecule has 5 heteroatoms. The summed E-state index contributed by atoms with van der Waals surface area (Å²) in [5.41, 5.74) is 0. The highest BCUT2D eigenvalue weighted by atomic mass is 16.4. The second-order valence-corrected chi connectivity index (χ2v) is 3.60. The summed E-state index contributed by atoms with van der Waals surface area (Å²) in [5.74, 6) is -0.653. The van der Waals surface area contributed by atoms with Gasteiger partial charge in [0.05, 0.1) is 13.2 Å². The predicted molar refractivity (Wildman–Crippen MR) is 49.9 cm³/mol. The maximum absolute atomic E-state index is 11.0. The van der Waals surface area contributed by atoms with Crippen LogP contribution in [-0.4, -0.2) is 58.5 Å². The van der Waals surface area contributed by atoms with E-state index in [-0.39, 0.29) is 19.1 Å². The van der Waals surface area contributed by atoms with Crippen LogP contribution in [0.4, 0.5) is 0 Å². The van der Waals surface area contributed by atoms with Crippen LogP contribution >= 0.6 is 0 Å². The van der Waals surface area contributed by atoms with E-state index >= 15 is 0 Å². The Labute approximate surface area is 83.0 Å². The van der Waals surface area contributed by atoms with Gasteiger partial charge in [0.2, 0.25) is 0 Å². The number of hydrogen-bond acceptors (Lipinski definition) is 4. The molecular weight excluding hydrogens is 186 g/mol. The molecule has 82 valence electrons. The normalized spacial score (nSPS) is 18.5. The predicted octanol–water partition coefficient (Wildman–Crippen LogP) is -0.864. The third-order valence-corrected chi connectivity index (χ3v) is 2.49. The first kappa shape index (κ1) is 11.4. The van der Waals surface area contributed by atoms with Crippen molar-refractivity contribution in [1.82, 2.24) is 4.90 Å². The molecule has 0 spiro atoms. The van der Waals surface area contributed by atoms with Gasteiger partial charge in [-0.3, -0.25) is 9.69 Å². The number of carboxylic acids is 1. The molecule has 0 aromatic carbocycles. The zero-order chi connectivity index (χ0) is 10.6. The quantitative estimate of drug-likeness (QED) is 0.501. The number of aliphatic carboxylic acids is 1. The van der Waals surface area contributed by atoms with Gasteiger partial charge in [0.15, 0.2) is 0 Å². The van der Waals surface area contributed by atoms with Crippen LogP contribution < -0.4 is 0 Å². The molecule has 0 heterocycles. The largest absolute Gasteiger partial charge is 0.480 e. The molecule has 0 radical (unpaired) electrons. The number of hydrogen-bond donors (Lipinski definition) is 3. The summed E-state index contributed by atoms with van der Waals surface area (Å²) in [4.78, 5) is 12.6. The van der Waals surface area contributed by atoms with E-state index in [1.807, 2.05) is 0 Å². The standard InChI is InChI=1S/C9H17NO4/c11-5-3-10(4-6-12)8(9(13)14)7-1-2-7/h7-8,11-12H,1-6H2,(H,13,14). The van der Waals surface area contributed by atoms with Crippen LogP contribution in [0.25, 0.3) is 0 Å². The van der Waals surface area contributed by atoms with Crippen LogP contribution in [0.2, 0.25) is 0 Å². The number of carboxylic acid groups (broad SMARTS) is 1. The molecule has 0 aromatic rings. The van der Waals surface area contributed by atoms with Crippen molar-refractivity contribution in [3.05, 3.63) is 0 Å². The van der Waals surface area contributed by atoms with Crippen LogP contribution in [0.5, 0.6) is 0 Å². The Morgan fingerprint density at radius 1 is 1.29 bits per heavy atom. The van der Waals surface area contributed by atoms with Crippen molar-refractivity contribution in [2.45, 2.75) is 18.9 Å². The van der Waals surface area contributed by atoms with Crippen molar-refractivity contribution >= 4 is 5.97 Å². The lowest BCUT2D eigenvalue weighted by Crippen LogP contribution is -2.45. The summed E-state index contributed by atoms with van der Waals surface area (Å²) in [7, 11) is 0. The van der Waals surface area contributed by atoms with Crippen LogP contribution in [0.15, 0.2) is 0 Å². The first-order chi connectivity index (χ1) is 6.70. The third-order valence-electron chi connectivity index (χ3n) is 2.49. The summed E-state index contributed by atoms with van der Waals surface area (Å²) in [6.07, 6.45) is 1.87. The van der Waals surface area contributed by atoms with Gasteiger partial charge in [-0.25, -0.2) is 0 Å². The Morgan fingerprint density at radius 2 is 1.79 bits per heavy atom. The number of aliphatic hydroxyl groups is 2. The molecule has 1 rings (SSSR count). The van der Waals surface area contributed by atoms with E-state index in [2.05, 4.69) is 0 Å². The highest BCUT2D eigenvalue weighted by Crippen LogP contribution is 2.35. The van der Waals surface area contributed by atoms with Gasteiger partial charge in [-0.2, -0.15) is 0 Å². The Morgan fingerprint density at radius 3 is 2.07 bits per heavy atom. The van der Waals surface area contributed by atoms with E-state index < -0.39 is 12.0 Å². The summed E-state index contributed by atoms with van der Waals surface area (Å²) >= 11 is 0. The van der Waals surface area contributed by atoms with Gasteiger partial charge in [-0.15, -0.1) is 0 Å². The first-order valence-electron chi connectivity index (χ1n) is 4.89. The van der Waals surface area contributed by atoms with Gasteiger partial charge in [-0.05, 0) is 18.8 Å². The minimum absolute atomic E-state index is 0.0729. The van der Waals surface area contributed by atoms with E-state index in [1.54, 1.807) is 4.90 Å². The van der Waals surface area contributed by atoms with Gasteiger partial charge < -0.3 is 15.3 Å². The number of aliphatic hydroxyl groups excluding tert-OH is 2. The molecule has 5 nitrogen and oxygen atoms in total. The minimum atomic E-state index is -0.852. The van der Waals surface area contributed by atoms with Gasteiger partial charge in [0, 0.05) is 13.1 Å². The van der Waals surface area contributed by atoms with E-state index in [4.69, 9.17) is 15.3 Å². The molecule has 0 saturated heterocycles. The lowest BCUT2D eigenvalue weighted by atomic mass is 10.1. The minimum Gasteiger partial charge on any atom is -0.480 e. The molecule has 1 aliphatic rings. The van der Waals surface area contributed by atoms with Crippen molar-refractivity contribution in [2.24, 2.45) is 5.92 Å².